The first-order valence-electron chi connectivity index (χ1n) is 5.36. The highest BCUT2D eigenvalue weighted by atomic mass is 16.5. The third-order valence-electron chi connectivity index (χ3n) is 2.52. The lowest BCUT2D eigenvalue weighted by molar-refractivity contribution is 0.0944. The average molecular weight is 220 g/mol. The van der Waals surface area contributed by atoms with Crippen molar-refractivity contribution in [2.75, 3.05) is 27.4 Å². The second-order valence-corrected chi connectivity index (χ2v) is 4.14. The molecule has 0 spiro atoms. The van der Waals surface area contributed by atoms with Gasteiger partial charge in [0.25, 0.3) is 5.91 Å². The van der Waals surface area contributed by atoms with Gasteiger partial charge in [-0.2, -0.15) is 0 Å². The molecule has 2 rings (SSSR count). The molecule has 16 heavy (non-hydrogen) atoms. The van der Waals surface area contributed by atoms with Gasteiger partial charge in [0.1, 0.15) is 12.5 Å². The van der Waals surface area contributed by atoms with E-state index in [1.807, 2.05) is 37.2 Å². The second kappa shape index (κ2) is 4.53. The maximum atomic E-state index is 11.6. The van der Waals surface area contributed by atoms with Crippen LogP contribution in [0.2, 0.25) is 0 Å². The highest BCUT2D eigenvalue weighted by molar-refractivity contribution is 5.97. The van der Waals surface area contributed by atoms with Crippen LogP contribution < -0.4 is 10.1 Å². The van der Waals surface area contributed by atoms with Gasteiger partial charge in [-0.3, -0.25) is 9.69 Å². The summed E-state index contributed by atoms with van der Waals surface area (Å²) in [6.45, 7) is 1.21. The van der Waals surface area contributed by atoms with Gasteiger partial charge in [0, 0.05) is 17.7 Å². The van der Waals surface area contributed by atoms with E-state index in [2.05, 4.69) is 5.32 Å². The Morgan fingerprint density at radius 1 is 1.44 bits per heavy atom. The number of carbonyl (C=O) groups excluding carboxylic acids is 1. The third-order valence-corrected chi connectivity index (χ3v) is 2.52. The summed E-state index contributed by atoms with van der Waals surface area (Å²) in [6.07, 6.45) is 0.838. The van der Waals surface area contributed by atoms with Crippen molar-refractivity contribution in [2.45, 2.75) is 6.42 Å². The summed E-state index contributed by atoms with van der Waals surface area (Å²) in [5, 5.41) is 2.83. The van der Waals surface area contributed by atoms with E-state index < -0.39 is 0 Å². The monoisotopic (exact) mass is 220 g/mol. The predicted molar refractivity (Wildman–Crippen MR) is 61.7 cm³/mol. The van der Waals surface area contributed by atoms with E-state index in [1.165, 1.54) is 0 Å². The summed E-state index contributed by atoms with van der Waals surface area (Å²) in [4.78, 5) is 13.5. The summed E-state index contributed by atoms with van der Waals surface area (Å²) in [5.74, 6) is 0.817. The van der Waals surface area contributed by atoms with Gasteiger partial charge in [-0.25, -0.2) is 0 Å². The summed E-state index contributed by atoms with van der Waals surface area (Å²) in [7, 11) is 3.89. The quantitative estimate of drug-likeness (QED) is 0.768. The number of carbonyl (C=O) groups is 1. The standard InChI is InChI=1S/C12H16N2O2/c1-14(2)8-16-11-5-3-4-10-9(11)6-7-13-12(10)15/h3-5H,6-8H2,1-2H3,(H,13,15). The molecule has 0 saturated heterocycles. The van der Waals surface area contributed by atoms with Crippen LogP contribution in [0.15, 0.2) is 18.2 Å². The minimum absolute atomic E-state index is 0.00319. The van der Waals surface area contributed by atoms with Gasteiger partial charge >= 0.3 is 0 Å². The molecular weight excluding hydrogens is 204 g/mol. The molecule has 86 valence electrons. The van der Waals surface area contributed by atoms with Crippen molar-refractivity contribution < 1.29 is 9.53 Å². The largest absolute Gasteiger partial charge is 0.478 e. The molecule has 0 aromatic heterocycles. The highest BCUT2D eigenvalue weighted by Crippen LogP contribution is 2.25. The number of nitrogens with zero attached hydrogens (tertiary/aromatic N) is 1. The van der Waals surface area contributed by atoms with E-state index in [-0.39, 0.29) is 5.91 Å². The van der Waals surface area contributed by atoms with Gasteiger partial charge < -0.3 is 10.1 Å². The summed E-state index contributed by atoms with van der Waals surface area (Å²) in [5.41, 5.74) is 1.76. The third kappa shape index (κ3) is 2.17. The van der Waals surface area contributed by atoms with Crippen molar-refractivity contribution in [1.82, 2.24) is 10.2 Å². The van der Waals surface area contributed by atoms with Crippen LogP contribution in [0, 0.1) is 0 Å². The zero-order chi connectivity index (χ0) is 11.5. The number of rotatable bonds is 3. The van der Waals surface area contributed by atoms with Crippen molar-refractivity contribution in [2.24, 2.45) is 0 Å². The van der Waals surface area contributed by atoms with Crippen LogP contribution in [-0.2, 0) is 6.42 Å². The zero-order valence-electron chi connectivity index (χ0n) is 9.62. The maximum absolute atomic E-state index is 11.6. The fourth-order valence-corrected chi connectivity index (χ4v) is 1.77. The molecule has 1 aromatic carbocycles. The minimum atomic E-state index is -0.00319. The highest BCUT2D eigenvalue weighted by Gasteiger charge is 2.19. The predicted octanol–water partition coefficient (Wildman–Crippen LogP) is 0.870. The Bertz CT molecular complexity index is 402. The SMILES string of the molecule is CN(C)COc1cccc2c1CCNC2=O. The molecule has 0 bridgehead atoms. The summed E-state index contributed by atoms with van der Waals surface area (Å²) >= 11 is 0. The molecule has 4 heteroatoms. The molecule has 1 aromatic rings. The number of fused-ring (bicyclic) bond motifs is 1. The zero-order valence-corrected chi connectivity index (χ0v) is 9.62. The van der Waals surface area contributed by atoms with E-state index in [9.17, 15) is 4.79 Å². The molecule has 0 unspecified atom stereocenters. The molecule has 1 aliphatic rings. The van der Waals surface area contributed by atoms with Gasteiger partial charge in [0.2, 0.25) is 0 Å². The molecule has 1 N–H and O–H groups in total. The van der Waals surface area contributed by atoms with E-state index in [1.54, 1.807) is 0 Å². The van der Waals surface area contributed by atoms with Crippen molar-refractivity contribution >= 4 is 5.91 Å². The normalized spacial score (nSPS) is 14.6. The van der Waals surface area contributed by atoms with Crippen molar-refractivity contribution in [3.8, 4) is 5.75 Å². The Balaban J connectivity index is 2.25. The number of hydrogen-bond acceptors (Lipinski definition) is 3. The smallest absolute Gasteiger partial charge is 0.251 e. The van der Waals surface area contributed by atoms with E-state index in [4.69, 9.17) is 4.74 Å². The Kier molecular flexibility index (Phi) is 3.10. The van der Waals surface area contributed by atoms with Gasteiger partial charge in [-0.15, -0.1) is 0 Å². The topological polar surface area (TPSA) is 41.6 Å². The van der Waals surface area contributed by atoms with Crippen molar-refractivity contribution in [3.63, 3.8) is 0 Å². The Morgan fingerprint density at radius 2 is 2.25 bits per heavy atom. The Morgan fingerprint density at radius 3 is 3.00 bits per heavy atom. The Labute approximate surface area is 95.2 Å². The first kappa shape index (κ1) is 11.0. The van der Waals surface area contributed by atoms with Crippen LogP contribution in [-0.4, -0.2) is 38.2 Å². The molecule has 1 amide bonds. The minimum Gasteiger partial charge on any atom is -0.478 e. The lowest BCUT2D eigenvalue weighted by atomic mass is 9.99. The molecule has 0 radical (unpaired) electrons. The van der Waals surface area contributed by atoms with E-state index >= 15 is 0 Å². The maximum Gasteiger partial charge on any atom is 0.251 e. The molecule has 0 atom stereocenters. The van der Waals surface area contributed by atoms with E-state index in [0.29, 0.717) is 13.3 Å². The van der Waals surface area contributed by atoms with Crippen LogP contribution in [0.25, 0.3) is 0 Å². The number of benzene rings is 1. The van der Waals surface area contributed by atoms with Crippen molar-refractivity contribution in [1.29, 1.82) is 0 Å². The second-order valence-electron chi connectivity index (χ2n) is 4.14. The molecule has 0 aliphatic carbocycles. The molecular formula is C12H16N2O2. The number of ether oxygens (including phenoxy) is 1. The summed E-state index contributed by atoms with van der Waals surface area (Å²) < 4.78 is 5.66. The van der Waals surface area contributed by atoms with Gasteiger partial charge in [-0.1, -0.05) is 6.07 Å². The van der Waals surface area contributed by atoms with Crippen LogP contribution in [0.4, 0.5) is 0 Å². The lowest BCUT2D eigenvalue weighted by Gasteiger charge is -2.20. The summed E-state index contributed by atoms with van der Waals surface area (Å²) in [6, 6.07) is 5.61. The molecule has 4 nitrogen and oxygen atoms in total. The van der Waals surface area contributed by atoms with E-state index in [0.717, 1.165) is 23.3 Å². The van der Waals surface area contributed by atoms with Crippen molar-refractivity contribution in [3.05, 3.63) is 29.3 Å². The molecule has 1 heterocycles. The molecule has 0 fully saturated rings. The van der Waals surface area contributed by atoms with Crippen LogP contribution >= 0.6 is 0 Å². The van der Waals surface area contributed by atoms with Gasteiger partial charge in [0.05, 0.1) is 0 Å². The number of nitrogens with one attached hydrogen (secondary N) is 1. The van der Waals surface area contributed by atoms with Crippen LogP contribution in [0.3, 0.4) is 0 Å². The molecule has 0 saturated carbocycles. The lowest BCUT2D eigenvalue weighted by Crippen LogP contribution is -2.32. The fraction of sp³-hybridized carbons (Fsp3) is 0.417. The first-order valence-corrected chi connectivity index (χ1v) is 5.36. The van der Waals surface area contributed by atoms with Crippen LogP contribution in [0.5, 0.6) is 5.75 Å². The number of amides is 1. The first-order chi connectivity index (χ1) is 7.68. The van der Waals surface area contributed by atoms with Gasteiger partial charge in [0.15, 0.2) is 0 Å². The molecule has 1 aliphatic heterocycles. The fourth-order valence-electron chi connectivity index (χ4n) is 1.77. The van der Waals surface area contributed by atoms with Crippen LogP contribution in [0.1, 0.15) is 15.9 Å². The Hall–Kier alpha value is -1.55. The van der Waals surface area contributed by atoms with Gasteiger partial charge in [-0.05, 0) is 32.6 Å². The number of hydrogen-bond donors (Lipinski definition) is 1. The average Bonchev–Trinajstić information content (AvgIpc) is 2.27.